The molecule has 0 heterocycles. The van der Waals surface area contributed by atoms with Crippen LogP contribution in [0.3, 0.4) is 0 Å². The maximum Gasteiger partial charge on any atom is 0.0835 e. The van der Waals surface area contributed by atoms with Gasteiger partial charge in [0, 0.05) is 7.11 Å². The molecule has 0 spiro atoms. The minimum absolute atomic E-state index is 0.0947. The molecule has 2 aromatic rings. The third-order valence-corrected chi connectivity index (χ3v) is 4.27. The van der Waals surface area contributed by atoms with Crippen molar-refractivity contribution >= 4 is 11.6 Å². The van der Waals surface area contributed by atoms with Crippen molar-refractivity contribution in [3.05, 3.63) is 70.8 Å². The summed E-state index contributed by atoms with van der Waals surface area (Å²) in [7, 11) is 1.73. The summed E-state index contributed by atoms with van der Waals surface area (Å²) >= 11 is 6.60. The molecule has 1 nitrogen and oxygen atoms in total. The average molecular weight is 303 g/mol. The smallest absolute Gasteiger partial charge is 0.0835 e. The highest BCUT2D eigenvalue weighted by Gasteiger charge is 2.11. The minimum atomic E-state index is -0.0947. The summed E-state index contributed by atoms with van der Waals surface area (Å²) in [6, 6.07) is 17.1. The van der Waals surface area contributed by atoms with Gasteiger partial charge < -0.3 is 4.74 Å². The molecule has 0 aliphatic carbocycles. The highest BCUT2D eigenvalue weighted by atomic mass is 35.5. The van der Waals surface area contributed by atoms with Gasteiger partial charge in [0.25, 0.3) is 0 Å². The normalized spacial score (nSPS) is 12.6. The molecule has 0 N–H and O–H groups in total. The molecule has 2 heteroatoms. The molecule has 0 amide bonds. The van der Waals surface area contributed by atoms with Crippen LogP contribution in [0, 0.1) is 0 Å². The quantitative estimate of drug-likeness (QED) is 0.656. The molecule has 0 saturated heterocycles. The second-order valence-corrected chi connectivity index (χ2v) is 6.10. The molecule has 1 atom stereocenters. The summed E-state index contributed by atoms with van der Waals surface area (Å²) in [5.74, 6) is 0.549. The van der Waals surface area contributed by atoms with E-state index in [0.29, 0.717) is 5.92 Å². The van der Waals surface area contributed by atoms with Crippen LogP contribution in [0.1, 0.15) is 47.4 Å². The number of alkyl halides is 1. The van der Waals surface area contributed by atoms with E-state index in [1.807, 2.05) is 0 Å². The van der Waals surface area contributed by atoms with Crippen molar-refractivity contribution in [3.63, 3.8) is 0 Å². The molecule has 2 aromatic carbocycles. The largest absolute Gasteiger partial charge is 0.384 e. The standard InChI is InChI=1S/C19H23ClO/c1-14(2)16-8-10-18(11-9-16)19(20)17-6-4-15(5-7-17)12-13-21-3/h4-11,14,19H,12-13H2,1-3H3. The zero-order chi connectivity index (χ0) is 15.2. The van der Waals surface area contributed by atoms with Gasteiger partial charge >= 0.3 is 0 Å². The minimum Gasteiger partial charge on any atom is -0.384 e. The van der Waals surface area contributed by atoms with E-state index in [0.717, 1.165) is 24.2 Å². The number of methoxy groups -OCH3 is 1. The second kappa shape index (κ2) is 7.63. The van der Waals surface area contributed by atoms with E-state index in [-0.39, 0.29) is 5.38 Å². The van der Waals surface area contributed by atoms with Crippen LogP contribution in [0.4, 0.5) is 0 Å². The Bertz CT molecular complexity index is 543. The summed E-state index contributed by atoms with van der Waals surface area (Å²) in [5.41, 5.74) is 4.90. The van der Waals surface area contributed by atoms with Crippen molar-refractivity contribution in [2.45, 2.75) is 31.6 Å². The number of hydrogen-bond donors (Lipinski definition) is 0. The van der Waals surface area contributed by atoms with E-state index in [1.165, 1.54) is 11.1 Å². The molecule has 0 aromatic heterocycles. The Morgan fingerprint density at radius 3 is 1.81 bits per heavy atom. The van der Waals surface area contributed by atoms with Crippen molar-refractivity contribution in [3.8, 4) is 0 Å². The lowest BCUT2D eigenvalue weighted by Gasteiger charge is -2.13. The van der Waals surface area contributed by atoms with E-state index in [2.05, 4.69) is 62.4 Å². The molecule has 2 rings (SSSR count). The predicted octanol–water partition coefficient (Wildman–Crippen LogP) is 5.33. The van der Waals surface area contributed by atoms with Gasteiger partial charge in [0.1, 0.15) is 0 Å². The van der Waals surface area contributed by atoms with Crippen LogP contribution >= 0.6 is 11.6 Å². The third-order valence-electron chi connectivity index (χ3n) is 3.76. The summed E-state index contributed by atoms with van der Waals surface area (Å²) in [5, 5.41) is -0.0947. The van der Waals surface area contributed by atoms with Crippen molar-refractivity contribution < 1.29 is 4.74 Å². The van der Waals surface area contributed by atoms with Crippen molar-refractivity contribution in [1.29, 1.82) is 0 Å². The average Bonchev–Trinajstić information content (AvgIpc) is 2.53. The summed E-state index contributed by atoms with van der Waals surface area (Å²) in [4.78, 5) is 0. The Hall–Kier alpha value is -1.31. The van der Waals surface area contributed by atoms with E-state index in [4.69, 9.17) is 16.3 Å². The lowest BCUT2D eigenvalue weighted by Crippen LogP contribution is -1.97. The van der Waals surface area contributed by atoms with Gasteiger partial charge in [-0.3, -0.25) is 0 Å². The van der Waals surface area contributed by atoms with Gasteiger partial charge in [-0.2, -0.15) is 0 Å². The predicted molar refractivity (Wildman–Crippen MR) is 90.2 cm³/mol. The van der Waals surface area contributed by atoms with E-state index >= 15 is 0 Å². The molecular formula is C19H23ClO. The number of ether oxygens (including phenoxy) is 1. The van der Waals surface area contributed by atoms with Gasteiger partial charge in [0.05, 0.1) is 12.0 Å². The highest BCUT2D eigenvalue weighted by molar-refractivity contribution is 6.22. The van der Waals surface area contributed by atoms with E-state index < -0.39 is 0 Å². The number of rotatable bonds is 6. The Morgan fingerprint density at radius 2 is 1.33 bits per heavy atom. The molecule has 21 heavy (non-hydrogen) atoms. The number of benzene rings is 2. The van der Waals surface area contributed by atoms with Gasteiger partial charge in [-0.1, -0.05) is 62.4 Å². The number of hydrogen-bond acceptors (Lipinski definition) is 1. The molecule has 1 unspecified atom stereocenters. The molecule has 0 aliphatic rings. The fourth-order valence-electron chi connectivity index (χ4n) is 2.32. The van der Waals surface area contributed by atoms with Crippen LogP contribution in [-0.4, -0.2) is 13.7 Å². The molecule has 112 valence electrons. The Morgan fingerprint density at radius 1 is 0.857 bits per heavy atom. The molecule has 0 aliphatic heterocycles. The van der Waals surface area contributed by atoms with Gasteiger partial charge in [0.15, 0.2) is 0 Å². The molecule has 0 saturated carbocycles. The SMILES string of the molecule is COCCc1ccc(C(Cl)c2ccc(C(C)C)cc2)cc1. The van der Waals surface area contributed by atoms with Crippen LogP contribution in [-0.2, 0) is 11.2 Å². The maximum absolute atomic E-state index is 6.60. The maximum atomic E-state index is 6.60. The zero-order valence-corrected chi connectivity index (χ0v) is 13.7. The van der Waals surface area contributed by atoms with Gasteiger partial charge in [0.2, 0.25) is 0 Å². The van der Waals surface area contributed by atoms with E-state index in [1.54, 1.807) is 7.11 Å². The van der Waals surface area contributed by atoms with Crippen LogP contribution < -0.4 is 0 Å². The summed E-state index contributed by atoms with van der Waals surface area (Å²) in [6.45, 7) is 5.15. The first kappa shape index (κ1) is 16.1. The summed E-state index contributed by atoms with van der Waals surface area (Å²) in [6.07, 6.45) is 0.937. The first-order chi connectivity index (χ1) is 10.1. The monoisotopic (exact) mass is 302 g/mol. The second-order valence-electron chi connectivity index (χ2n) is 5.67. The molecule has 0 fully saturated rings. The third kappa shape index (κ3) is 4.33. The zero-order valence-electron chi connectivity index (χ0n) is 13.0. The topological polar surface area (TPSA) is 9.23 Å². The Balaban J connectivity index is 2.10. The molecule has 0 bridgehead atoms. The highest BCUT2D eigenvalue weighted by Crippen LogP contribution is 2.30. The molecular weight excluding hydrogens is 280 g/mol. The van der Waals surface area contributed by atoms with Crippen LogP contribution in [0.25, 0.3) is 0 Å². The van der Waals surface area contributed by atoms with Crippen LogP contribution in [0.2, 0.25) is 0 Å². The van der Waals surface area contributed by atoms with E-state index in [9.17, 15) is 0 Å². The number of halogens is 1. The van der Waals surface area contributed by atoms with Crippen molar-refractivity contribution in [2.24, 2.45) is 0 Å². The van der Waals surface area contributed by atoms with Crippen LogP contribution in [0.15, 0.2) is 48.5 Å². The van der Waals surface area contributed by atoms with Gasteiger partial charge in [-0.05, 0) is 34.6 Å². The molecule has 0 radical (unpaired) electrons. The van der Waals surface area contributed by atoms with Gasteiger partial charge in [-0.25, -0.2) is 0 Å². The van der Waals surface area contributed by atoms with Crippen LogP contribution in [0.5, 0.6) is 0 Å². The Kier molecular flexibility index (Phi) is 5.84. The van der Waals surface area contributed by atoms with Crippen molar-refractivity contribution in [2.75, 3.05) is 13.7 Å². The fourth-order valence-corrected chi connectivity index (χ4v) is 2.61. The lowest BCUT2D eigenvalue weighted by molar-refractivity contribution is 0.202. The Labute approximate surface area is 132 Å². The lowest BCUT2D eigenvalue weighted by atomic mass is 9.98. The fraction of sp³-hybridized carbons (Fsp3) is 0.368. The van der Waals surface area contributed by atoms with Gasteiger partial charge in [-0.15, -0.1) is 11.6 Å². The summed E-state index contributed by atoms with van der Waals surface area (Å²) < 4.78 is 5.10. The first-order valence-corrected chi connectivity index (χ1v) is 7.87. The first-order valence-electron chi connectivity index (χ1n) is 7.43. The van der Waals surface area contributed by atoms with Crippen molar-refractivity contribution in [1.82, 2.24) is 0 Å².